The van der Waals surface area contributed by atoms with E-state index in [0.717, 1.165) is 25.7 Å². The first-order valence-electron chi connectivity index (χ1n) is 9.89. The highest BCUT2D eigenvalue weighted by Crippen LogP contribution is 2.29. The number of thioether (sulfide) groups is 1. The van der Waals surface area contributed by atoms with Crippen LogP contribution in [0, 0.1) is 11.3 Å². The predicted octanol–water partition coefficient (Wildman–Crippen LogP) is 3.63. The van der Waals surface area contributed by atoms with Crippen LogP contribution in [-0.2, 0) is 11.3 Å². The molecule has 6 nitrogen and oxygen atoms in total. The molecule has 1 saturated carbocycles. The van der Waals surface area contributed by atoms with E-state index < -0.39 is 10.8 Å². The number of amides is 1. The first-order valence-corrected chi connectivity index (χ1v) is 10.8. The van der Waals surface area contributed by atoms with Crippen LogP contribution in [0.1, 0.15) is 52.4 Å². The lowest BCUT2D eigenvalue weighted by Gasteiger charge is -2.32. The largest absolute Gasteiger partial charge is 0.337 e. The third-order valence-electron chi connectivity index (χ3n) is 5.21. The average molecular weight is 399 g/mol. The molecule has 1 amide bonds. The summed E-state index contributed by atoms with van der Waals surface area (Å²) in [6.07, 6.45) is 5.21. The number of rotatable bonds is 6. The molecule has 1 atom stereocenters. The molecule has 28 heavy (non-hydrogen) atoms. The van der Waals surface area contributed by atoms with Crippen molar-refractivity contribution in [3.63, 3.8) is 0 Å². The Morgan fingerprint density at radius 2 is 2.07 bits per heavy atom. The van der Waals surface area contributed by atoms with E-state index in [9.17, 15) is 14.9 Å². The smallest absolute Gasteiger partial charge is 0.262 e. The minimum Gasteiger partial charge on any atom is -0.337 e. The third-order valence-corrected chi connectivity index (χ3v) is 6.30. The SMILES string of the molecule is CCCn1c(S[C@H](C)C(=O)NC2(C#N)CCCCC2)nc2ccccc2c1=O. The van der Waals surface area contributed by atoms with Crippen LogP contribution in [0.2, 0.25) is 0 Å². The molecule has 1 aliphatic rings. The molecular weight excluding hydrogens is 372 g/mol. The fourth-order valence-electron chi connectivity index (χ4n) is 3.63. The van der Waals surface area contributed by atoms with Crippen LogP contribution in [0.5, 0.6) is 0 Å². The first-order chi connectivity index (χ1) is 13.5. The Morgan fingerprint density at radius 1 is 1.36 bits per heavy atom. The molecule has 7 heteroatoms. The molecule has 0 radical (unpaired) electrons. The van der Waals surface area contributed by atoms with Crippen molar-refractivity contribution in [1.29, 1.82) is 5.26 Å². The summed E-state index contributed by atoms with van der Waals surface area (Å²) in [5, 5.41) is 13.2. The molecule has 0 spiro atoms. The fraction of sp³-hybridized carbons (Fsp3) is 0.524. The number of benzene rings is 1. The standard InChI is InChI=1S/C21H26N4O2S/c1-3-13-25-19(27)16-9-5-6-10-17(16)23-20(25)28-15(2)18(26)24-21(14-22)11-7-4-8-12-21/h5-6,9-10,15H,3-4,7-8,11-13H2,1-2H3,(H,24,26)/t15-/m1/s1. The maximum absolute atomic E-state index is 12.9. The Balaban J connectivity index is 1.85. The van der Waals surface area contributed by atoms with Gasteiger partial charge in [0.1, 0.15) is 5.54 Å². The van der Waals surface area contributed by atoms with Crippen LogP contribution in [0.4, 0.5) is 0 Å². The Bertz CT molecular complexity index is 957. The zero-order valence-corrected chi connectivity index (χ0v) is 17.2. The molecule has 0 saturated heterocycles. The summed E-state index contributed by atoms with van der Waals surface area (Å²) < 4.78 is 1.65. The minimum atomic E-state index is -0.760. The number of aromatic nitrogens is 2. The van der Waals surface area contributed by atoms with Crippen LogP contribution in [0.25, 0.3) is 10.9 Å². The van der Waals surface area contributed by atoms with Crippen LogP contribution in [0.3, 0.4) is 0 Å². The lowest BCUT2D eigenvalue weighted by atomic mass is 9.83. The van der Waals surface area contributed by atoms with Gasteiger partial charge < -0.3 is 5.32 Å². The number of fused-ring (bicyclic) bond motifs is 1. The Morgan fingerprint density at radius 3 is 2.75 bits per heavy atom. The molecule has 1 heterocycles. The van der Waals surface area contributed by atoms with Crippen molar-refractivity contribution in [2.75, 3.05) is 0 Å². The number of carbonyl (C=O) groups excluding carboxylic acids is 1. The van der Waals surface area contributed by atoms with Crippen molar-refractivity contribution in [2.45, 2.75) is 74.9 Å². The van der Waals surface area contributed by atoms with Gasteiger partial charge in [-0.3, -0.25) is 14.2 Å². The highest BCUT2D eigenvalue weighted by atomic mass is 32.2. The van der Waals surface area contributed by atoms with Crippen molar-refractivity contribution < 1.29 is 4.79 Å². The number of para-hydroxylation sites is 1. The van der Waals surface area contributed by atoms with Gasteiger partial charge in [-0.1, -0.05) is 50.1 Å². The Kier molecular flexibility index (Phi) is 6.40. The monoisotopic (exact) mass is 398 g/mol. The summed E-state index contributed by atoms with van der Waals surface area (Å²) in [6.45, 7) is 4.35. The molecule has 1 aromatic carbocycles. The zero-order chi connectivity index (χ0) is 20.1. The van der Waals surface area contributed by atoms with Gasteiger partial charge in [0.15, 0.2) is 5.16 Å². The van der Waals surface area contributed by atoms with Gasteiger partial charge in [-0.15, -0.1) is 0 Å². The molecule has 1 fully saturated rings. The van der Waals surface area contributed by atoms with Gasteiger partial charge in [0.05, 0.1) is 22.2 Å². The third kappa shape index (κ3) is 4.22. The molecule has 0 aliphatic heterocycles. The Hall–Kier alpha value is -2.33. The van der Waals surface area contributed by atoms with Gasteiger partial charge in [0.25, 0.3) is 5.56 Å². The zero-order valence-electron chi connectivity index (χ0n) is 16.4. The number of nitrogens with one attached hydrogen (secondary N) is 1. The van der Waals surface area contributed by atoms with Gasteiger partial charge in [-0.05, 0) is 38.3 Å². The normalized spacial score (nSPS) is 17.0. The highest BCUT2D eigenvalue weighted by Gasteiger charge is 2.35. The number of nitrogens with zero attached hydrogens (tertiary/aromatic N) is 3. The first kappa shape index (κ1) is 20.4. The maximum Gasteiger partial charge on any atom is 0.262 e. The van der Waals surface area contributed by atoms with E-state index in [-0.39, 0.29) is 11.5 Å². The van der Waals surface area contributed by atoms with Crippen molar-refractivity contribution in [1.82, 2.24) is 14.9 Å². The molecule has 3 rings (SSSR count). The molecule has 1 aromatic heterocycles. The molecule has 0 unspecified atom stereocenters. The number of hydrogen-bond acceptors (Lipinski definition) is 5. The van der Waals surface area contributed by atoms with E-state index in [2.05, 4.69) is 16.4 Å². The molecule has 2 aromatic rings. The van der Waals surface area contributed by atoms with Crippen molar-refractivity contribution in [3.8, 4) is 6.07 Å². The molecule has 148 valence electrons. The van der Waals surface area contributed by atoms with Crippen LogP contribution < -0.4 is 10.9 Å². The van der Waals surface area contributed by atoms with E-state index in [4.69, 9.17) is 0 Å². The summed E-state index contributed by atoms with van der Waals surface area (Å²) in [7, 11) is 0. The predicted molar refractivity (Wildman–Crippen MR) is 111 cm³/mol. The van der Waals surface area contributed by atoms with Crippen molar-refractivity contribution >= 4 is 28.6 Å². The summed E-state index contributed by atoms with van der Waals surface area (Å²) in [6, 6.07) is 9.59. The van der Waals surface area contributed by atoms with Gasteiger partial charge in [0.2, 0.25) is 5.91 Å². The average Bonchev–Trinajstić information content (AvgIpc) is 2.71. The summed E-state index contributed by atoms with van der Waals surface area (Å²) in [5.74, 6) is -0.182. The lowest BCUT2D eigenvalue weighted by Crippen LogP contribution is -2.51. The summed E-state index contributed by atoms with van der Waals surface area (Å²) in [5.41, 5.74) is -0.205. The second-order valence-electron chi connectivity index (χ2n) is 7.37. The quantitative estimate of drug-likeness (QED) is 0.593. The van der Waals surface area contributed by atoms with Crippen molar-refractivity contribution in [2.24, 2.45) is 0 Å². The van der Waals surface area contributed by atoms with Crippen LogP contribution in [0.15, 0.2) is 34.2 Å². The fourth-order valence-corrected chi connectivity index (χ4v) is 4.56. The number of carbonyl (C=O) groups is 1. The topological polar surface area (TPSA) is 87.8 Å². The van der Waals surface area contributed by atoms with Crippen LogP contribution in [-0.4, -0.2) is 26.2 Å². The summed E-state index contributed by atoms with van der Waals surface area (Å²) >= 11 is 1.28. The molecule has 0 bridgehead atoms. The highest BCUT2D eigenvalue weighted by molar-refractivity contribution is 8.00. The maximum atomic E-state index is 12.9. The number of nitriles is 1. The molecule has 1 aliphatic carbocycles. The van der Waals surface area contributed by atoms with E-state index in [1.54, 1.807) is 17.6 Å². The van der Waals surface area contributed by atoms with E-state index in [1.165, 1.54) is 11.8 Å². The van der Waals surface area contributed by atoms with Crippen LogP contribution >= 0.6 is 11.8 Å². The number of hydrogen-bond donors (Lipinski definition) is 1. The van der Waals surface area contributed by atoms with E-state index >= 15 is 0 Å². The Labute approximate surface area is 169 Å². The van der Waals surface area contributed by atoms with Crippen molar-refractivity contribution in [3.05, 3.63) is 34.6 Å². The van der Waals surface area contributed by atoms with E-state index in [0.29, 0.717) is 35.4 Å². The second-order valence-corrected chi connectivity index (χ2v) is 8.68. The van der Waals surface area contributed by atoms with E-state index in [1.807, 2.05) is 25.1 Å². The summed E-state index contributed by atoms with van der Waals surface area (Å²) in [4.78, 5) is 30.3. The molecule has 1 N–H and O–H groups in total. The minimum absolute atomic E-state index is 0.0802. The van der Waals surface area contributed by atoms with Gasteiger partial charge in [-0.2, -0.15) is 5.26 Å². The molecular formula is C21H26N4O2S. The second kappa shape index (κ2) is 8.78. The van der Waals surface area contributed by atoms with Gasteiger partial charge in [0, 0.05) is 6.54 Å². The van der Waals surface area contributed by atoms with Gasteiger partial charge >= 0.3 is 0 Å². The lowest BCUT2D eigenvalue weighted by molar-refractivity contribution is -0.121. The van der Waals surface area contributed by atoms with Gasteiger partial charge in [-0.25, -0.2) is 4.98 Å².